The Hall–Kier alpha value is -2.56. The second kappa shape index (κ2) is 58.6. The highest BCUT2D eigenvalue weighted by Crippen LogP contribution is 2.43. The summed E-state index contributed by atoms with van der Waals surface area (Å²) >= 11 is 0. The molecular formula is C64H117O11P. The van der Waals surface area contributed by atoms with Crippen LogP contribution in [0.15, 0.2) is 48.6 Å². The number of rotatable bonds is 59. The van der Waals surface area contributed by atoms with Gasteiger partial charge >= 0.3 is 25.7 Å². The van der Waals surface area contributed by atoms with E-state index in [-0.39, 0.29) is 25.9 Å². The standard InChI is InChI=1S/C64H117O11P/c1-4-7-10-13-16-19-22-25-27-29-30-32-34-37-40-43-46-49-52-55-64(68)75-61(57-71-62(66)53-50-47-44-41-38-36-33-31-28-26-23-20-17-14-11-8-5-2)59-73-76(69,70)72-58-60(56-65)74-63(67)54-51-48-45-42-39-35-24-21-18-15-12-9-6-3/h17,20-21,24-28,60-61,65H,4-16,18-19,22-23,29-59H2,1-3H3,(H,69,70)/b20-17-,24-21-,27-25-,28-26-. The van der Waals surface area contributed by atoms with Crippen molar-refractivity contribution in [3.05, 3.63) is 48.6 Å². The lowest BCUT2D eigenvalue weighted by molar-refractivity contribution is -0.161. The van der Waals surface area contributed by atoms with Crippen LogP contribution in [0.2, 0.25) is 0 Å². The molecule has 0 aromatic carbocycles. The summed E-state index contributed by atoms with van der Waals surface area (Å²) in [6, 6.07) is 0. The fourth-order valence-corrected chi connectivity index (χ4v) is 9.63. The van der Waals surface area contributed by atoms with E-state index in [0.717, 1.165) is 89.9 Å². The molecule has 76 heavy (non-hydrogen) atoms. The molecule has 0 saturated heterocycles. The largest absolute Gasteiger partial charge is 0.472 e. The predicted octanol–water partition coefficient (Wildman–Crippen LogP) is 18.9. The fourth-order valence-electron chi connectivity index (χ4n) is 8.85. The Morgan fingerprint density at radius 2 is 0.645 bits per heavy atom. The van der Waals surface area contributed by atoms with Crippen LogP contribution in [0.25, 0.3) is 0 Å². The lowest BCUT2D eigenvalue weighted by Crippen LogP contribution is -2.30. The molecule has 0 rings (SSSR count). The van der Waals surface area contributed by atoms with Crippen molar-refractivity contribution in [1.82, 2.24) is 0 Å². The first-order valence-corrected chi connectivity index (χ1v) is 33.0. The molecule has 444 valence electrons. The van der Waals surface area contributed by atoms with Gasteiger partial charge in [0.05, 0.1) is 19.8 Å². The van der Waals surface area contributed by atoms with Crippen LogP contribution in [-0.2, 0) is 42.2 Å². The number of esters is 3. The number of carbonyl (C=O) groups is 3. The minimum absolute atomic E-state index is 0.165. The molecule has 2 N–H and O–H groups in total. The molecule has 0 aromatic heterocycles. The van der Waals surface area contributed by atoms with Gasteiger partial charge in [0.1, 0.15) is 12.7 Å². The molecule has 0 amide bonds. The Morgan fingerprint density at radius 1 is 0.368 bits per heavy atom. The Balaban J connectivity index is 4.71. The van der Waals surface area contributed by atoms with E-state index >= 15 is 0 Å². The van der Waals surface area contributed by atoms with Crippen molar-refractivity contribution in [3.8, 4) is 0 Å². The van der Waals surface area contributed by atoms with Crippen LogP contribution < -0.4 is 0 Å². The van der Waals surface area contributed by atoms with Crippen LogP contribution in [-0.4, -0.2) is 66.5 Å². The quantitative estimate of drug-likeness (QED) is 0.0197. The summed E-state index contributed by atoms with van der Waals surface area (Å²) < 4.78 is 39.6. The van der Waals surface area contributed by atoms with Gasteiger partial charge in [-0.15, -0.1) is 0 Å². The highest BCUT2D eigenvalue weighted by atomic mass is 31.2. The van der Waals surface area contributed by atoms with Gasteiger partial charge in [-0.1, -0.05) is 230 Å². The molecule has 0 aliphatic rings. The smallest absolute Gasteiger partial charge is 0.462 e. The molecule has 0 aliphatic heterocycles. The summed E-state index contributed by atoms with van der Waals surface area (Å²) in [6.07, 6.45) is 63.4. The van der Waals surface area contributed by atoms with E-state index in [1.165, 1.54) is 154 Å². The first-order valence-electron chi connectivity index (χ1n) is 31.5. The lowest BCUT2D eigenvalue weighted by atomic mass is 10.1. The third kappa shape index (κ3) is 56.2. The van der Waals surface area contributed by atoms with Crippen LogP contribution in [0.3, 0.4) is 0 Å². The average molecular weight is 1090 g/mol. The Labute approximate surface area is 466 Å². The van der Waals surface area contributed by atoms with Crippen molar-refractivity contribution < 1.29 is 52.2 Å². The Kier molecular flexibility index (Phi) is 56.6. The van der Waals surface area contributed by atoms with Crippen molar-refractivity contribution in [2.24, 2.45) is 0 Å². The van der Waals surface area contributed by atoms with Crippen LogP contribution in [0.4, 0.5) is 0 Å². The first kappa shape index (κ1) is 73.4. The number of unbranched alkanes of at least 4 members (excludes halogenated alkanes) is 34. The highest BCUT2D eigenvalue weighted by Gasteiger charge is 2.28. The molecule has 12 heteroatoms. The first-order chi connectivity index (χ1) is 37.2. The molecule has 3 unspecified atom stereocenters. The zero-order valence-electron chi connectivity index (χ0n) is 49.2. The molecule has 0 aromatic rings. The zero-order valence-corrected chi connectivity index (χ0v) is 50.1. The molecule has 0 radical (unpaired) electrons. The fraction of sp³-hybridized carbons (Fsp3) is 0.828. The lowest BCUT2D eigenvalue weighted by Gasteiger charge is -2.21. The summed E-state index contributed by atoms with van der Waals surface area (Å²) in [5, 5.41) is 9.83. The zero-order chi connectivity index (χ0) is 55.5. The second-order valence-electron chi connectivity index (χ2n) is 21.2. The monoisotopic (exact) mass is 1090 g/mol. The molecule has 0 heterocycles. The normalized spacial score (nSPS) is 13.6. The number of hydrogen-bond donors (Lipinski definition) is 2. The van der Waals surface area contributed by atoms with Gasteiger partial charge in [0.15, 0.2) is 6.10 Å². The molecular weight excluding hydrogens is 976 g/mol. The van der Waals surface area contributed by atoms with Crippen molar-refractivity contribution >= 4 is 25.7 Å². The Morgan fingerprint density at radius 3 is 1.03 bits per heavy atom. The van der Waals surface area contributed by atoms with Gasteiger partial charge in [0.25, 0.3) is 0 Å². The van der Waals surface area contributed by atoms with Crippen LogP contribution >= 0.6 is 7.82 Å². The minimum atomic E-state index is -4.75. The molecule has 0 bridgehead atoms. The van der Waals surface area contributed by atoms with Crippen molar-refractivity contribution in [1.29, 1.82) is 0 Å². The van der Waals surface area contributed by atoms with Crippen LogP contribution in [0.5, 0.6) is 0 Å². The number of aliphatic hydroxyl groups is 1. The molecule has 3 atom stereocenters. The molecule has 0 aliphatic carbocycles. The maximum atomic E-state index is 12.9. The van der Waals surface area contributed by atoms with Gasteiger partial charge < -0.3 is 24.2 Å². The van der Waals surface area contributed by atoms with Gasteiger partial charge in [-0.2, -0.15) is 0 Å². The number of phosphoric acid groups is 1. The van der Waals surface area contributed by atoms with E-state index in [0.29, 0.717) is 19.3 Å². The summed E-state index contributed by atoms with van der Waals surface area (Å²) in [6.45, 7) is 4.63. The third-order valence-electron chi connectivity index (χ3n) is 13.7. The van der Waals surface area contributed by atoms with Crippen molar-refractivity contribution in [3.63, 3.8) is 0 Å². The molecule has 0 saturated carbocycles. The average Bonchev–Trinajstić information content (AvgIpc) is 3.41. The number of allylic oxidation sites excluding steroid dienone is 8. The number of aliphatic hydroxyl groups excluding tert-OH is 1. The number of hydrogen-bond acceptors (Lipinski definition) is 10. The molecule has 0 fully saturated rings. The highest BCUT2D eigenvalue weighted by molar-refractivity contribution is 7.47. The van der Waals surface area contributed by atoms with Gasteiger partial charge in [-0.05, 0) is 103 Å². The summed E-state index contributed by atoms with van der Waals surface area (Å²) in [7, 11) is -4.75. The van der Waals surface area contributed by atoms with Crippen molar-refractivity contribution in [2.45, 2.75) is 315 Å². The minimum Gasteiger partial charge on any atom is -0.462 e. The van der Waals surface area contributed by atoms with Gasteiger partial charge in [-0.25, -0.2) is 4.57 Å². The van der Waals surface area contributed by atoms with Crippen LogP contribution in [0.1, 0.15) is 303 Å². The topological polar surface area (TPSA) is 155 Å². The SMILES string of the molecule is CCCCC/C=C\C/C=C\CCCCCCCCCC(=O)OCC(COP(=O)(O)OCC(CO)OC(=O)CCCCCCC/C=C\CCCCCC)OC(=O)CCCCCCCCCCC/C=C\CCCCCCCC. The van der Waals surface area contributed by atoms with E-state index < -0.39 is 57.8 Å². The molecule has 0 spiro atoms. The van der Waals surface area contributed by atoms with E-state index in [4.69, 9.17) is 23.3 Å². The molecule has 11 nitrogen and oxygen atoms in total. The number of ether oxygens (including phenoxy) is 3. The van der Waals surface area contributed by atoms with Gasteiger partial charge in [0.2, 0.25) is 0 Å². The number of phosphoric ester groups is 1. The second-order valence-corrected chi connectivity index (χ2v) is 22.7. The Bertz CT molecular complexity index is 1460. The van der Waals surface area contributed by atoms with E-state index in [1.807, 2.05) is 0 Å². The van der Waals surface area contributed by atoms with Crippen LogP contribution in [0, 0.1) is 0 Å². The summed E-state index contributed by atoms with van der Waals surface area (Å²) in [4.78, 5) is 48.7. The van der Waals surface area contributed by atoms with Gasteiger partial charge in [0, 0.05) is 19.3 Å². The van der Waals surface area contributed by atoms with Crippen molar-refractivity contribution in [2.75, 3.05) is 26.4 Å². The van der Waals surface area contributed by atoms with E-state index in [1.54, 1.807) is 0 Å². The maximum Gasteiger partial charge on any atom is 0.472 e. The van der Waals surface area contributed by atoms with Gasteiger partial charge in [-0.3, -0.25) is 23.4 Å². The summed E-state index contributed by atoms with van der Waals surface area (Å²) in [5.74, 6) is -1.47. The maximum absolute atomic E-state index is 12.9. The number of carbonyl (C=O) groups excluding carboxylic acids is 3. The predicted molar refractivity (Wildman–Crippen MR) is 316 cm³/mol. The summed E-state index contributed by atoms with van der Waals surface area (Å²) in [5.41, 5.74) is 0. The van der Waals surface area contributed by atoms with E-state index in [2.05, 4.69) is 69.4 Å². The third-order valence-corrected chi connectivity index (χ3v) is 14.6. The van der Waals surface area contributed by atoms with E-state index in [9.17, 15) is 28.9 Å².